The van der Waals surface area contributed by atoms with Crippen molar-refractivity contribution in [1.82, 2.24) is 0 Å². The Balaban J connectivity index is 0.784. The van der Waals surface area contributed by atoms with Crippen LogP contribution in [-0.2, 0) is 5.41 Å². The quantitative estimate of drug-likeness (QED) is 0.152. The highest BCUT2D eigenvalue weighted by Crippen LogP contribution is 2.65. The zero-order valence-corrected chi connectivity index (χ0v) is 46.1. The third kappa shape index (κ3) is 6.97. The Hall–Kier alpha value is -11.2. The number of furan rings is 2. The Kier molecular flexibility index (Phi) is 10.3. The molecule has 18 rings (SSSR count). The molecule has 85 heavy (non-hydrogen) atoms. The van der Waals surface area contributed by atoms with E-state index in [-0.39, 0.29) is 0 Å². The molecule has 2 aliphatic carbocycles. The summed E-state index contributed by atoms with van der Waals surface area (Å²) >= 11 is 0. The summed E-state index contributed by atoms with van der Waals surface area (Å²) in [6, 6.07) is 111. The van der Waals surface area contributed by atoms with Crippen LogP contribution in [0.1, 0.15) is 22.3 Å². The highest BCUT2D eigenvalue weighted by Gasteiger charge is 2.52. The maximum absolute atomic E-state index is 6.67. The number of hydrogen-bond acceptors (Lipinski definition) is 4. The molecule has 0 saturated carbocycles. The number of fused-ring (bicyclic) bond motifs is 19. The third-order valence-electron chi connectivity index (χ3n) is 18.2. The summed E-state index contributed by atoms with van der Waals surface area (Å²) in [5.41, 5.74) is 24.2. The molecule has 4 nitrogen and oxygen atoms in total. The Labute approximate surface area is 490 Å². The maximum Gasteiger partial charge on any atom is 0.159 e. The van der Waals surface area contributed by atoms with Crippen LogP contribution in [0.3, 0.4) is 0 Å². The van der Waals surface area contributed by atoms with E-state index in [0.717, 1.165) is 94.7 Å². The van der Waals surface area contributed by atoms with Crippen LogP contribution in [0.15, 0.2) is 312 Å². The van der Waals surface area contributed by atoms with Gasteiger partial charge in [-0.1, -0.05) is 206 Å². The zero-order chi connectivity index (χ0) is 55.7. The van der Waals surface area contributed by atoms with E-state index in [1.54, 1.807) is 0 Å². The molecule has 2 aliphatic rings. The van der Waals surface area contributed by atoms with E-state index in [2.05, 4.69) is 295 Å². The first-order valence-electron chi connectivity index (χ1n) is 29.2. The SMILES string of the molecule is c1ccc(N(c2ccc(-c3ccc4cc5c(cc4c3)C3(c4ccccc4-c4ccccc43)c3cc(-c4ccc(N(c6ccccc6)c6cccc7c6oc6ccccc67)cc4)c4ccccc4c3-5)cc2)c2cccc3c2oc2ccccc23)cc1. The first-order chi connectivity index (χ1) is 42.2. The van der Waals surface area contributed by atoms with Crippen LogP contribution in [0, 0.1) is 0 Å². The predicted molar refractivity (Wildman–Crippen MR) is 353 cm³/mol. The Bertz CT molecular complexity index is 5320. The molecular weight excluding hydrogens is 1030 g/mol. The van der Waals surface area contributed by atoms with Gasteiger partial charge in [-0.3, -0.25) is 0 Å². The number of hydrogen-bond donors (Lipinski definition) is 0. The molecule has 16 aromatic rings. The lowest BCUT2D eigenvalue weighted by Gasteiger charge is -2.31. The molecule has 396 valence electrons. The number of para-hydroxylation sites is 6. The normalized spacial score (nSPS) is 12.8. The Morgan fingerprint density at radius 1 is 0.247 bits per heavy atom. The van der Waals surface area contributed by atoms with Crippen molar-refractivity contribution in [1.29, 1.82) is 0 Å². The van der Waals surface area contributed by atoms with Crippen LogP contribution in [0.4, 0.5) is 34.1 Å². The zero-order valence-electron chi connectivity index (χ0n) is 46.1. The summed E-state index contributed by atoms with van der Waals surface area (Å²) in [6.45, 7) is 0. The van der Waals surface area contributed by atoms with E-state index in [9.17, 15) is 0 Å². The minimum absolute atomic E-state index is 0.582. The van der Waals surface area contributed by atoms with Crippen molar-refractivity contribution >= 4 is 99.5 Å². The number of anilines is 6. The summed E-state index contributed by atoms with van der Waals surface area (Å²) in [7, 11) is 0. The summed E-state index contributed by atoms with van der Waals surface area (Å²) in [4.78, 5) is 4.63. The fourth-order valence-corrected chi connectivity index (χ4v) is 14.6. The standard InChI is InChI=1S/C81H50N2O2/c1-3-19-56(20-4-1)82(74-33-17-29-66-63-26-11-15-35-76(63)84-79(66)74)58-43-39-51(40-44-58)53-37-38-54-48-69-72(49-55(54)47-53)81(70-31-13-9-24-61(70)62-25-10-14-32-71(62)81)73-50-68(60-23-7-8-28-65(60)78(69)73)52-41-45-59(46-42-52)83(57-21-5-2-6-22-57)75-34-18-30-67-64-27-12-16-36-77(64)85-80(67)75/h1-50H. The largest absolute Gasteiger partial charge is 0.454 e. The Morgan fingerprint density at radius 2 is 0.706 bits per heavy atom. The van der Waals surface area contributed by atoms with Gasteiger partial charge in [0, 0.05) is 44.3 Å². The van der Waals surface area contributed by atoms with E-state index in [4.69, 9.17) is 8.83 Å². The van der Waals surface area contributed by atoms with Gasteiger partial charge in [0.15, 0.2) is 11.2 Å². The van der Waals surface area contributed by atoms with Crippen molar-refractivity contribution in [2.45, 2.75) is 5.41 Å². The lowest BCUT2D eigenvalue weighted by atomic mass is 9.69. The molecule has 2 aromatic heterocycles. The van der Waals surface area contributed by atoms with Gasteiger partial charge < -0.3 is 18.6 Å². The number of rotatable bonds is 8. The van der Waals surface area contributed by atoms with Crippen molar-refractivity contribution < 1.29 is 8.83 Å². The van der Waals surface area contributed by atoms with Crippen molar-refractivity contribution in [3.63, 3.8) is 0 Å². The average molecular weight is 1080 g/mol. The van der Waals surface area contributed by atoms with Crippen molar-refractivity contribution in [2.75, 3.05) is 9.80 Å². The second-order valence-corrected chi connectivity index (χ2v) is 22.6. The molecule has 0 radical (unpaired) electrons. The highest BCUT2D eigenvalue weighted by molar-refractivity contribution is 6.15. The fraction of sp³-hybridized carbons (Fsp3) is 0.0123. The predicted octanol–water partition coefficient (Wildman–Crippen LogP) is 22.4. The molecule has 2 heterocycles. The Morgan fingerprint density at radius 3 is 1.28 bits per heavy atom. The molecule has 1 spiro atoms. The topological polar surface area (TPSA) is 32.8 Å². The molecule has 14 aromatic carbocycles. The molecule has 0 N–H and O–H groups in total. The average Bonchev–Trinajstić information content (AvgIpc) is 1.76. The number of nitrogens with zero attached hydrogens (tertiary/aromatic N) is 2. The molecule has 4 heteroatoms. The van der Waals surface area contributed by atoms with Gasteiger partial charge in [-0.05, 0) is 185 Å². The highest BCUT2D eigenvalue weighted by atomic mass is 16.3. The van der Waals surface area contributed by atoms with Gasteiger partial charge in [0.25, 0.3) is 0 Å². The van der Waals surface area contributed by atoms with E-state index < -0.39 is 5.41 Å². The van der Waals surface area contributed by atoms with Crippen molar-refractivity contribution in [3.8, 4) is 44.5 Å². The summed E-state index contributed by atoms with van der Waals surface area (Å²) < 4.78 is 13.3. The molecule has 0 bridgehead atoms. The summed E-state index contributed by atoms with van der Waals surface area (Å²) in [5.74, 6) is 0. The van der Waals surface area contributed by atoms with Gasteiger partial charge in [0.05, 0.1) is 16.8 Å². The second-order valence-electron chi connectivity index (χ2n) is 22.6. The first-order valence-corrected chi connectivity index (χ1v) is 29.2. The molecule has 0 atom stereocenters. The maximum atomic E-state index is 6.67. The fourth-order valence-electron chi connectivity index (χ4n) is 14.6. The molecule has 0 fully saturated rings. The van der Waals surface area contributed by atoms with Crippen LogP contribution >= 0.6 is 0 Å². The smallest absolute Gasteiger partial charge is 0.159 e. The van der Waals surface area contributed by atoms with Gasteiger partial charge in [0.1, 0.15) is 11.2 Å². The molecular formula is C81H50N2O2. The second kappa shape index (κ2) is 18.4. The van der Waals surface area contributed by atoms with Gasteiger partial charge in [-0.15, -0.1) is 0 Å². The van der Waals surface area contributed by atoms with E-state index in [0.29, 0.717) is 0 Å². The molecule has 0 unspecified atom stereocenters. The van der Waals surface area contributed by atoms with E-state index in [1.807, 2.05) is 18.2 Å². The minimum atomic E-state index is -0.582. The number of benzene rings is 14. The summed E-state index contributed by atoms with van der Waals surface area (Å²) in [5, 5.41) is 9.31. The monoisotopic (exact) mass is 1080 g/mol. The molecule has 0 aliphatic heterocycles. The molecule has 0 saturated heterocycles. The van der Waals surface area contributed by atoms with Gasteiger partial charge in [-0.2, -0.15) is 0 Å². The van der Waals surface area contributed by atoms with E-state index in [1.165, 1.54) is 71.6 Å². The van der Waals surface area contributed by atoms with E-state index >= 15 is 0 Å². The van der Waals surface area contributed by atoms with Gasteiger partial charge in [-0.25, -0.2) is 0 Å². The van der Waals surface area contributed by atoms with Gasteiger partial charge in [0.2, 0.25) is 0 Å². The van der Waals surface area contributed by atoms with Crippen LogP contribution < -0.4 is 9.80 Å². The van der Waals surface area contributed by atoms with Crippen LogP contribution in [0.5, 0.6) is 0 Å². The van der Waals surface area contributed by atoms with Crippen LogP contribution in [0.25, 0.3) is 110 Å². The lowest BCUT2D eigenvalue weighted by Crippen LogP contribution is -2.26. The van der Waals surface area contributed by atoms with Crippen molar-refractivity contribution in [3.05, 3.63) is 326 Å². The first kappa shape index (κ1) is 47.4. The minimum Gasteiger partial charge on any atom is -0.454 e. The lowest BCUT2D eigenvalue weighted by molar-refractivity contribution is 0.668. The van der Waals surface area contributed by atoms with Crippen LogP contribution in [0.2, 0.25) is 0 Å². The van der Waals surface area contributed by atoms with Gasteiger partial charge >= 0.3 is 0 Å². The summed E-state index contributed by atoms with van der Waals surface area (Å²) in [6.07, 6.45) is 0. The van der Waals surface area contributed by atoms with Crippen LogP contribution in [-0.4, -0.2) is 0 Å². The third-order valence-corrected chi connectivity index (χ3v) is 18.2. The van der Waals surface area contributed by atoms with Crippen molar-refractivity contribution in [2.24, 2.45) is 0 Å². The molecule has 0 amide bonds.